The van der Waals surface area contributed by atoms with Crippen LogP contribution < -0.4 is 0 Å². The summed E-state index contributed by atoms with van der Waals surface area (Å²) in [5, 5.41) is 11.9. The lowest BCUT2D eigenvalue weighted by Crippen LogP contribution is -2.15. The van der Waals surface area contributed by atoms with E-state index in [1.165, 1.54) is 23.4 Å². The van der Waals surface area contributed by atoms with Crippen molar-refractivity contribution in [3.05, 3.63) is 98.6 Å². The monoisotopic (exact) mass is 701 g/mol. The highest BCUT2D eigenvalue weighted by Crippen LogP contribution is 2.44. The molecule has 0 aliphatic heterocycles. The minimum absolute atomic E-state index is 0.0758. The van der Waals surface area contributed by atoms with E-state index in [4.69, 9.17) is 30.1 Å². The molecule has 0 N–H and O–H groups in total. The van der Waals surface area contributed by atoms with Crippen molar-refractivity contribution in [3.63, 3.8) is 0 Å². The topological polar surface area (TPSA) is 195 Å². The highest BCUT2D eigenvalue weighted by atomic mass is 35.5. The largest absolute Gasteiger partial charge is 0.461 e. The molecule has 0 aromatic carbocycles. The number of hydrogen-bond acceptors (Lipinski definition) is 14. The lowest BCUT2D eigenvalue weighted by atomic mass is 9.98. The molecule has 2 aliphatic rings. The van der Waals surface area contributed by atoms with E-state index in [2.05, 4.69) is 30.4 Å². The van der Waals surface area contributed by atoms with Gasteiger partial charge in [-0.2, -0.15) is 5.10 Å². The lowest BCUT2D eigenvalue weighted by Gasteiger charge is -2.08. The van der Waals surface area contributed by atoms with Gasteiger partial charge in [0.25, 0.3) is 0 Å². The summed E-state index contributed by atoms with van der Waals surface area (Å²) in [6, 6.07) is 6.45. The number of rotatable bonds is 11. The summed E-state index contributed by atoms with van der Waals surface area (Å²) < 4.78 is 22.1. The van der Waals surface area contributed by atoms with Crippen molar-refractivity contribution >= 4 is 35.1 Å². The summed E-state index contributed by atoms with van der Waals surface area (Å²) in [7, 11) is 0. The number of carbonyl (C=O) groups is 4. The second kappa shape index (κ2) is 14.5. The van der Waals surface area contributed by atoms with Gasteiger partial charge in [0.15, 0.2) is 17.3 Å². The van der Waals surface area contributed by atoms with Crippen LogP contribution in [-0.4, -0.2) is 71.8 Å². The first-order valence-electron chi connectivity index (χ1n) is 16.0. The molecule has 2 saturated carbocycles. The second-order valence-corrected chi connectivity index (χ2v) is 12.0. The van der Waals surface area contributed by atoms with Crippen LogP contribution in [0, 0.1) is 13.8 Å². The molecule has 0 unspecified atom stereocenters. The van der Waals surface area contributed by atoms with Crippen LogP contribution in [0.2, 0.25) is 5.15 Å². The Bertz CT molecular complexity index is 2080. The smallest absolute Gasteiger partial charge is 0.361 e. The van der Waals surface area contributed by atoms with E-state index in [0.717, 1.165) is 25.7 Å². The zero-order chi connectivity index (χ0) is 35.5. The van der Waals surface area contributed by atoms with Gasteiger partial charge in [0.05, 0.1) is 24.6 Å². The van der Waals surface area contributed by atoms with E-state index in [0.29, 0.717) is 45.0 Å². The van der Waals surface area contributed by atoms with Crippen LogP contribution in [0.25, 0.3) is 5.82 Å². The Hall–Kier alpha value is -5.57. The van der Waals surface area contributed by atoms with Crippen molar-refractivity contribution in [2.45, 2.75) is 65.2 Å². The molecular formula is C34H32ClN7O8. The first-order chi connectivity index (χ1) is 24.1. The molecule has 16 heteroatoms. The molecule has 15 nitrogen and oxygen atoms in total. The van der Waals surface area contributed by atoms with Gasteiger partial charge in [-0.15, -0.1) is 0 Å². The maximum atomic E-state index is 13.2. The Morgan fingerprint density at radius 3 is 1.70 bits per heavy atom. The summed E-state index contributed by atoms with van der Waals surface area (Å²) in [5.74, 6) is -0.343. The van der Waals surface area contributed by atoms with Crippen molar-refractivity contribution in [1.29, 1.82) is 0 Å². The van der Waals surface area contributed by atoms with Gasteiger partial charge in [0.1, 0.15) is 28.9 Å². The van der Waals surface area contributed by atoms with Gasteiger partial charge in [-0.1, -0.05) is 21.9 Å². The van der Waals surface area contributed by atoms with Crippen molar-refractivity contribution in [2.75, 3.05) is 13.2 Å². The van der Waals surface area contributed by atoms with E-state index >= 15 is 0 Å². The highest BCUT2D eigenvalue weighted by Gasteiger charge is 2.39. The van der Waals surface area contributed by atoms with Gasteiger partial charge >= 0.3 is 11.9 Å². The zero-order valence-electron chi connectivity index (χ0n) is 27.6. The maximum Gasteiger partial charge on any atom is 0.361 e. The predicted molar refractivity (Wildman–Crippen MR) is 174 cm³/mol. The molecule has 0 amide bonds. The Morgan fingerprint density at radius 1 is 0.780 bits per heavy atom. The average Bonchev–Trinajstić information content (AvgIpc) is 3.96. The number of halogens is 1. The van der Waals surface area contributed by atoms with Crippen molar-refractivity contribution in [2.24, 2.45) is 0 Å². The molecule has 5 aromatic heterocycles. The fraction of sp³-hybridized carbons (Fsp3) is 0.353. The zero-order valence-corrected chi connectivity index (χ0v) is 28.4. The first-order valence-corrected chi connectivity index (χ1v) is 16.4. The predicted octanol–water partition coefficient (Wildman–Crippen LogP) is 5.56. The first kappa shape index (κ1) is 34.3. The number of carbonyl (C=O) groups excluding carboxylic acids is 4. The van der Waals surface area contributed by atoms with Gasteiger partial charge < -0.3 is 18.5 Å². The van der Waals surface area contributed by atoms with E-state index in [1.54, 1.807) is 45.9 Å². The third-order valence-corrected chi connectivity index (χ3v) is 8.20. The highest BCUT2D eigenvalue weighted by molar-refractivity contribution is 6.29. The summed E-state index contributed by atoms with van der Waals surface area (Å²) in [4.78, 5) is 62.8. The van der Waals surface area contributed by atoms with Crippen molar-refractivity contribution in [1.82, 2.24) is 35.0 Å². The van der Waals surface area contributed by atoms with E-state index < -0.39 is 11.9 Å². The van der Waals surface area contributed by atoms with Crippen LogP contribution in [0.4, 0.5) is 0 Å². The molecule has 0 radical (unpaired) electrons. The average molecular weight is 702 g/mol. The molecule has 7 rings (SSSR count). The Kier molecular flexibility index (Phi) is 9.95. The van der Waals surface area contributed by atoms with E-state index in [9.17, 15) is 19.2 Å². The molecule has 5 aromatic rings. The summed E-state index contributed by atoms with van der Waals surface area (Å²) in [6.45, 7) is 7.17. The fourth-order valence-electron chi connectivity index (χ4n) is 5.25. The van der Waals surface area contributed by atoms with Gasteiger partial charge in [-0.25, -0.2) is 29.2 Å². The van der Waals surface area contributed by atoms with Gasteiger partial charge in [0, 0.05) is 23.0 Å². The summed E-state index contributed by atoms with van der Waals surface area (Å²) in [6.07, 6.45) is 6.56. The number of pyridine rings is 2. The minimum Gasteiger partial charge on any atom is -0.461 e. The Morgan fingerprint density at radius 2 is 1.28 bits per heavy atom. The SMILES string of the molecule is CCOC(=O)c1noc(C2CC2)c1C(=O)c1ccc(-n2cncn2)nc1C.CCOC(=O)c1noc(C2CC2)c1C(=O)c1ccc(Cl)nc1C. The molecule has 258 valence electrons. The number of ether oxygens (including phenoxy) is 2. The molecule has 2 fully saturated rings. The van der Waals surface area contributed by atoms with E-state index in [1.807, 2.05) is 0 Å². The van der Waals surface area contributed by atoms with Gasteiger partial charge in [0.2, 0.25) is 23.0 Å². The number of nitrogens with zero attached hydrogens (tertiary/aromatic N) is 7. The van der Waals surface area contributed by atoms with Crippen LogP contribution in [0.1, 0.15) is 127 Å². The third-order valence-electron chi connectivity index (χ3n) is 7.99. The minimum atomic E-state index is -0.665. The second-order valence-electron chi connectivity index (χ2n) is 11.6. The van der Waals surface area contributed by atoms with Crippen LogP contribution in [0.5, 0.6) is 0 Å². The quantitative estimate of drug-likeness (QED) is 0.0942. The van der Waals surface area contributed by atoms with Crippen LogP contribution in [-0.2, 0) is 9.47 Å². The molecule has 2 aliphatic carbocycles. The molecule has 50 heavy (non-hydrogen) atoms. The standard InChI is InChI=1S/C18H17N5O4.C16H15ClN2O4/c1-3-26-18(25)15-14(17(27-22-15)11-4-5-11)16(24)12-6-7-13(21-10(12)2)23-9-19-8-20-23;1-3-22-16(21)13-12(15(23-19-13)9-4-5-9)14(20)10-6-7-11(17)18-8(10)2/h6-9,11H,3-5H2,1-2H3;6-7,9H,3-5H2,1-2H3. The van der Waals surface area contributed by atoms with Gasteiger partial charge in [-0.05, 0) is 77.6 Å². The number of esters is 2. The molecule has 0 bridgehead atoms. The number of aromatic nitrogens is 7. The molecule has 0 atom stereocenters. The Balaban J connectivity index is 0.000000175. The number of aryl methyl sites for hydroxylation is 2. The fourth-order valence-corrected chi connectivity index (χ4v) is 5.44. The number of hydrogen-bond donors (Lipinski definition) is 0. The maximum absolute atomic E-state index is 13.2. The van der Waals surface area contributed by atoms with Crippen LogP contribution in [0.3, 0.4) is 0 Å². The van der Waals surface area contributed by atoms with Crippen LogP contribution in [0.15, 0.2) is 46.0 Å². The van der Waals surface area contributed by atoms with E-state index in [-0.39, 0.29) is 59.1 Å². The van der Waals surface area contributed by atoms with Crippen molar-refractivity contribution in [3.8, 4) is 5.82 Å². The van der Waals surface area contributed by atoms with Crippen molar-refractivity contribution < 1.29 is 37.7 Å². The Labute approximate surface area is 290 Å². The molecule has 0 spiro atoms. The normalized spacial score (nSPS) is 13.7. The number of ketones is 2. The summed E-state index contributed by atoms with van der Waals surface area (Å²) >= 11 is 5.83. The lowest BCUT2D eigenvalue weighted by molar-refractivity contribution is 0.0503. The molecular weight excluding hydrogens is 670 g/mol. The molecule has 5 heterocycles. The molecule has 0 saturated heterocycles. The summed E-state index contributed by atoms with van der Waals surface area (Å²) in [5.41, 5.74) is 1.93. The van der Waals surface area contributed by atoms with Crippen LogP contribution >= 0.6 is 11.6 Å². The third kappa shape index (κ3) is 7.08. The van der Waals surface area contributed by atoms with Gasteiger partial charge in [-0.3, -0.25) is 9.59 Å².